The molecule has 0 heterocycles. The molecule has 164 valence electrons. The summed E-state index contributed by atoms with van der Waals surface area (Å²) in [6.07, 6.45) is 0. The predicted molar refractivity (Wildman–Crippen MR) is 114 cm³/mol. The maximum absolute atomic E-state index is 10.5. The number of hydrogen-bond donors (Lipinski definition) is 3. The summed E-state index contributed by atoms with van der Waals surface area (Å²) in [5.74, 6) is 0. The maximum atomic E-state index is 10.5. The van der Waals surface area contributed by atoms with E-state index in [2.05, 4.69) is 4.90 Å². The monoisotopic (exact) mass is 446 g/mol. The van der Waals surface area contributed by atoms with Gasteiger partial charge in [0.05, 0.1) is 9.79 Å². The summed E-state index contributed by atoms with van der Waals surface area (Å²) in [4.78, 5) is 1.94. The van der Waals surface area contributed by atoms with Gasteiger partial charge in [-0.25, -0.2) is 0 Å². The van der Waals surface area contributed by atoms with E-state index in [9.17, 15) is 16.8 Å². The zero-order chi connectivity index (χ0) is 22.8. The Hall–Kier alpha value is -1.82. The third-order valence-electron chi connectivity index (χ3n) is 3.29. The van der Waals surface area contributed by atoms with E-state index in [0.717, 1.165) is 17.7 Å². The first-order valence-electron chi connectivity index (χ1n) is 8.61. The van der Waals surface area contributed by atoms with Gasteiger partial charge >= 0.3 is 0 Å². The lowest BCUT2D eigenvalue weighted by Crippen LogP contribution is -2.29. The van der Waals surface area contributed by atoms with E-state index in [-0.39, 0.29) is 9.79 Å². The van der Waals surface area contributed by atoms with Crippen LogP contribution in [0.25, 0.3) is 0 Å². The first-order valence-corrected chi connectivity index (χ1v) is 11.5. The van der Waals surface area contributed by atoms with Crippen LogP contribution in [-0.2, 0) is 20.2 Å². The molecule has 2 rings (SSSR count). The van der Waals surface area contributed by atoms with E-state index >= 15 is 0 Å². The summed E-state index contributed by atoms with van der Waals surface area (Å²) in [6.45, 7) is 6.65. The number of nitrogens with zero attached hydrogens (tertiary/aromatic N) is 1. The standard InChI is InChI=1S/2C7H8O3S.C5H14N2/c2*1-6-2-4-7(5-3-6)11(8,9)10;1-5(6)4-7(2)3/h2*2-5H,1H3,(H,8,9,10);5H,4,6H2,1-3H3/t;;5-/m..0/s1. The first kappa shape index (κ1) is 27.2. The summed E-state index contributed by atoms with van der Waals surface area (Å²) in [6, 6.07) is 12.3. The molecule has 1 atom stereocenters. The largest absolute Gasteiger partial charge is 0.327 e. The minimum Gasteiger partial charge on any atom is -0.327 e. The van der Waals surface area contributed by atoms with Gasteiger partial charge in [0.15, 0.2) is 0 Å². The van der Waals surface area contributed by atoms with Crippen LogP contribution in [0.2, 0.25) is 0 Å². The van der Waals surface area contributed by atoms with Gasteiger partial charge in [-0.15, -0.1) is 0 Å². The van der Waals surface area contributed by atoms with Crippen LogP contribution in [0.4, 0.5) is 0 Å². The van der Waals surface area contributed by atoms with Crippen LogP contribution >= 0.6 is 0 Å². The second kappa shape index (κ2) is 12.0. The van der Waals surface area contributed by atoms with Crippen molar-refractivity contribution >= 4 is 20.2 Å². The maximum Gasteiger partial charge on any atom is 0.294 e. The Kier molecular flexibility index (Phi) is 11.3. The Bertz CT molecular complexity index is 858. The first-order chi connectivity index (χ1) is 13.1. The molecule has 8 nitrogen and oxygen atoms in total. The summed E-state index contributed by atoms with van der Waals surface area (Å²) < 4.78 is 59.1. The van der Waals surface area contributed by atoms with Crippen molar-refractivity contribution in [3.8, 4) is 0 Å². The van der Waals surface area contributed by atoms with Gasteiger partial charge in [-0.3, -0.25) is 9.11 Å². The minimum atomic E-state index is -4.02. The van der Waals surface area contributed by atoms with Crippen LogP contribution in [-0.4, -0.2) is 57.5 Å². The third kappa shape index (κ3) is 13.1. The highest BCUT2D eigenvalue weighted by Gasteiger charge is 2.07. The van der Waals surface area contributed by atoms with Crippen molar-refractivity contribution in [2.24, 2.45) is 5.73 Å². The fourth-order valence-electron chi connectivity index (χ4n) is 2.00. The quantitative estimate of drug-likeness (QED) is 0.609. The van der Waals surface area contributed by atoms with Crippen molar-refractivity contribution in [3.05, 3.63) is 59.7 Å². The minimum absolute atomic E-state index is 0.0666. The molecule has 29 heavy (non-hydrogen) atoms. The van der Waals surface area contributed by atoms with Gasteiger partial charge in [0.25, 0.3) is 20.2 Å². The third-order valence-corrected chi connectivity index (χ3v) is 5.03. The van der Waals surface area contributed by atoms with E-state index in [0.29, 0.717) is 6.04 Å². The van der Waals surface area contributed by atoms with Crippen molar-refractivity contribution in [3.63, 3.8) is 0 Å². The normalized spacial score (nSPS) is 12.3. The molecular weight excluding hydrogens is 416 g/mol. The van der Waals surface area contributed by atoms with Crippen LogP contribution in [0.5, 0.6) is 0 Å². The zero-order valence-electron chi connectivity index (χ0n) is 17.3. The molecule has 0 bridgehead atoms. The Labute approximate surface area is 173 Å². The lowest BCUT2D eigenvalue weighted by atomic mass is 10.2. The molecule has 0 fully saturated rings. The number of benzene rings is 2. The van der Waals surface area contributed by atoms with Gasteiger partial charge < -0.3 is 10.6 Å². The number of hydrogen-bond acceptors (Lipinski definition) is 6. The van der Waals surface area contributed by atoms with Gasteiger partial charge in [-0.2, -0.15) is 16.8 Å². The van der Waals surface area contributed by atoms with Crippen LogP contribution in [0.3, 0.4) is 0 Å². The molecule has 0 radical (unpaired) electrons. The predicted octanol–water partition coefficient (Wildman–Crippen LogP) is 2.38. The van der Waals surface area contributed by atoms with Crippen molar-refractivity contribution < 1.29 is 25.9 Å². The Morgan fingerprint density at radius 3 is 1.21 bits per heavy atom. The molecule has 0 unspecified atom stereocenters. The van der Waals surface area contributed by atoms with Crippen molar-refractivity contribution in [1.29, 1.82) is 0 Å². The van der Waals surface area contributed by atoms with Gasteiger partial charge in [0, 0.05) is 12.6 Å². The molecule has 0 aliphatic carbocycles. The summed E-state index contributed by atoms with van der Waals surface area (Å²) in [5.41, 5.74) is 7.36. The SMILES string of the molecule is C[C@H](N)CN(C)C.Cc1ccc(S(=O)(=O)O)cc1.Cc1ccc(S(=O)(=O)O)cc1. The number of likely N-dealkylation sites (N-methyl/N-ethyl adjacent to an activating group) is 1. The molecule has 2 aromatic carbocycles. The molecular formula is C19H30N2O6S2. The van der Waals surface area contributed by atoms with Crippen LogP contribution in [0.1, 0.15) is 18.1 Å². The zero-order valence-corrected chi connectivity index (χ0v) is 18.9. The van der Waals surface area contributed by atoms with Gasteiger partial charge in [0.1, 0.15) is 0 Å². The average molecular weight is 447 g/mol. The Morgan fingerprint density at radius 2 is 1.07 bits per heavy atom. The second-order valence-corrected chi connectivity index (χ2v) is 9.66. The Balaban J connectivity index is 0.000000419. The van der Waals surface area contributed by atoms with E-state index in [1.54, 1.807) is 24.3 Å². The van der Waals surface area contributed by atoms with Gasteiger partial charge in [-0.05, 0) is 59.1 Å². The summed E-state index contributed by atoms with van der Waals surface area (Å²) in [5, 5.41) is 0. The molecule has 0 saturated carbocycles. The van der Waals surface area contributed by atoms with E-state index in [1.807, 2.05) is 34.9 Å². The number of nitrogens with two attached hydrogens (primary N) is 1. The van der Waals surface area contributed by atoms with Crippen molar-refractivity contribution in [2.75, 3.05) is 20.6 Å². The molecule has 10 heteroatoms. The molecule has 2 aromatic rings. The number of aryl methyl sites for hydroxylation is 2. The number of rotatable bonds is 4. The fraction of sp³-hybridized carbons (Fsp3) is 0.368. The second-order valence-electron chi connectivity index (χ2n) is 6.82. The van der Waals surface area contributed by atoms with Crippen LogP contribution in [0, 0.1) is 13.8 Å². The van der Waals surface area contributed by atoms with Crippen molar-refractivity contribution in [2.45, 2.75) is 36.6 Å². The van der Waals surface area contributed by atoms with Crippen LogP contribution < -0.4 is 5.73 Å². The summed E-state index contributed by atoms with van der Waals surface area (Å²) in [7, 11) is -4.00. The average Bonchev–Trinajstić information content (AvgIpc) is 2.54. The van der Waals surface area contributed by atoms with Gasteiger partial charge in [0.2, 0.25) is 0 Å². The van der Waals surface area contributed by atoms with Crippen LogP contribution in [0.15, 0.2) is 58.3 Å². The topological polar surface area (TPSA) is 138 Å². The molecule has 0 saturated heterocycles. The van der Waals surface area contributed by atoms with E-state index in [4.69, 9.17) is 14.8 Å². The fourth-order valence-corrected chi connectivity index (χ4v) is 2.96. The van der Waals surface area contributed by atoms with E-state index in [1.165, 1.54) is 24.3 Å². The van der Waals surface area contributed by atoms with Crippen molar-refractivity contribution in [1.82, 2.24) is 4.90 Å². The Morgan fingerprint density at radius 1 is 0.793 bits per heavy atom. The summed E-state index contributed by atoms with van der Waals surface area (Å²) >= 11 is 0. The molecule has 0 aromatic heterocycles. The lowest BCUT2D eigenvalue weighted by Gasteiger charge is -2.11. The molecule has 0 spiro atoms. The molecule has 0 aliphatic rings. The molecule has 0 aliphatic heterocycles. The highest BCUT2D eigenvalue weighted by molar-refractivity contribution is 7.86. The smallest absolute Gasteiger partial charge is 0.294 e. The van der Waals surface area contributed by atoms with Gasteiger partial charge in [-0.1, -0.05) is 35.4 Å². The molecule has 0 amide bonds. The lowest BCUT2D eigenvalue weighted by molar-refractivity contribution is 0.383. The van der Waals surface area contributed by atoms with E-state index < -0.39 is 20.2 Å². The highest BCUT2D eigenvalue weighted by Crippen LogP contribution is 2.09. The highest BCUT2D eigenvalue weighted by atomic mass is 32.2. The molecule has 4 N–H and O–H groups in total.